The second-order valence-corrected chi connectivity index (χ2v) is 8.05. The summed E-state index contributed by atoms with van der Waals surface area (Å²) in [7, 11) is -1.74. The van der Waals surface area contributed by atoms with Gasteiger partial charge in [-0.25, -0.2) is 22.3 Å². The van der Waals surface area contributed by atoms with Crippen molar-refractivity contribution >= 4 is 39.3 Å². The number of nitrogens with zero attached hydrogens (tertiary/aromatic N) is 2. The molecule has 0 saturated carbocycles. The average Bonchev–Trinajstić information content (AvgIpc) is 3.15. The van der Waals surface area contributed by atoms with Gasteiger partial charge in [0.1, 0.15) is 10.9 Å². The molecule has 0 saturated heterocycles. The maximum Gasteiger partial charge on any atom is 0.335 e. The van der Waals surface area contributed by atoms with Gasteiger partial charge in [-0.15, -0.1) is 11.3 Å². The molecule has 0 spiro atoms. The van der Waals surface area contributed by atoms with E-state index >= 15 is 0 Å². The van der Waals surface area contributed by atoms with E-state index in [1.165, 1.54) is 31.7 Å². The molecule has 2 N–H and O–H groups in total. The number of halogens is 1. The summed E-state index contributed by atoms with van der Waals surface area (Å²) in [6.45, 7) is -0.0697. The molecule has 158 valence electrons. The summed E-state index contributed by atoms with van der Waals surface area (Å²) >= 11 is 0.728. The number of rotatable bonds is 8. The van der Waals surface area contributed by atoms with Gasteiger partial charge in [0.25, 0.3) is 10.0 Å². The van der Waals surface area contributed by atoms with E-state index in [9.17, 15) is 22.4 Å². The average molecular weight is 448 g/mol. The van der Waals surface area contributed by atoms with E-state index in [2.05, 4.69) is 15.3 Å². The molecule has 1 unspecified atom stereocenters. The van der Waals surface area contributed by atoms with Crippen LogP contribution in [-0.2, 0) is 19.6 Å². The summed E-state index contributed by atoms with van der Waals surface area (Å²) in [5, 5.41) is 3.50. The molecule has 0 fully saturated rings. The zero-order valence-electron chi connectivity index (χ0n) is 15.5. The zero-order chi connectivity index (χ0) is 21.6. The number of urea groups is 1. The SMILES string of the molecule is COc1cc(OC)nc(NC(=O)NS(=O)(=O)c2sccc2C(CF)OC(C)=O)n1. The van der Waals surface area contributed by atoms with Crippen molar-refractivity contribution < 1.29 is 36.6 Å². The lowest BCUT2D eigenvalue weighted by Crippen LogP contribution is -2.35. The molecule has 1 atom stereocenters. The van der Waals surface area contributed by atoms with Crippen molar-refractivity contribution in [2.24, 2.45) is 0 Å². The van der Waals surface area contributed by atoms with Crippen molar-refractivity contribution in [1.29, 1.82) is 0 Å². The maximum absolute atomic E-state index is 13.2. The van der Waals surface area contributed by atoms with Crippen molar-refractivity contribution in [2.45, 2.75) is 17.2 Å². The molecule has 2 heterocycles. The van der Waals surface area contributed by atoms with Gasteiger partial charge in [-0.05, 0) is 11.4 Å². The van der Waals surface area contributed by atoms with Gasteiger partial charge in [-0.3, -0.25) is 10.1 Å². The number of nitrogens with one attached hydrogen (secondary N) is 2. The number of hydrogen-bond donors (Lipinski definition) is 2. The van der Waals surface area contributed by atoms with E-state index in [4.69, 9.17) is 14.2 Å². The summed E-state index contributed by atoms with van der Waals surface area (Å²) in [5.74, 6) is -0.913. The van der Waals surface area contributed by atoms with Crippen LogP contribution < -0.4 is 19.5 Å². The van der Waals surface area contributed by atoms with E-state index in [-0.39, 0.29) is 27.5 Å². The molecule has 11 nitrogen and oxygen atoms in total. The van der Waals surface area contributed by atoms with Gasteiger partial charge in [-0.2, -0.15) is 9.97 Å². The molecule has 0 radical (unpaired) electrons. The molecule has 0 aliphatic rings. The smallest absolute Gasteiger partial charge is 0.335 e. The maximum atomic E-state index is 13.2. The summed E-state index contributed by atoms with van der Waals surface area (Å²) in [4.78, 5) is 30.9. The number of thiophene rings is 1. The Hall–Kier alpha value is -3.00. The van der Waals surface area contributed by atoms with E-state index in [0.29, 0.717) is 0 Å². The van der Waals surface area contributed by atoms with Gasteiger partial charge in [0.05, 0.1) is 20.3 Å². The second kappa shape index (κ2) is 9.47. The lowest BCUT2D eigenvalue weighted by atomic mass is 10.2. The Bertz CT molecular complexity index is 974. The van der Waals surface area contributed by atoms with E-state index in [0.717, 1.165) is 18.3 Å². The fourth-order valence-corrected chi connectivity index (χ4v) is 4.48. The van der Waals surface area contributed by atoms with Gasteiger partial charge < -0.3 is 14.2 Å². The standard InChI is InChI=1S/C15H17FN4O7S2/c1-8(21)27-10(7-16)9-4-5-28-13(9)29(23,24)20-15(22)19-14-17-11(25-2)6-12(18-14)26-3/h4-6,10H,7H2,1-3H3,(H2,17,18,19,20,22). The van der Waals surface area contributed by atoms with Crippen molar-refractivity contribution in [1.82, 2.24) is 14.7 Å². The van der Waals surface area contributed by atoms with Crippen molar-refractivity contribution in [3.8, 4) is 11.8 Å². The summed E-state index contributed by atoms with van der Waals surface area (Å²) in [5.41, 5.74) is -0.0905. The Morgan fingerprint density at radius 3 is 2.38 bits per heavy atom. The van der Waals surface area contributed by atoms with Crippen LogP contribution in [0.3, 0.4) is 0 Å². The molecule has 0 aliphatic carbocycles. The number of carbonyl (C=O) groups is 2. The van der Waals surface area contributed by atoms with Gasteiger partial charge >= 0.3 is 12.0 Å². The highest BCUT2D eigenvalue weighted by molar-refractivity contribution is 7.92. The molecular formula is C15H17FN4O7S2. The minimum absolute atomic E-state index is 0.0720. The molecule has 0 bridgehead atoms. The Labute approximate surface area is 169 Å². The van der Waals surface area contributed by atoms with Crippen LogP contribution >= 0.6 is 11.3 Å². The predicted molar refractivity (Wildman–Crippen MR) is 99.3 cm³/mol. The lowest BCUT2D eigenvalue weighted by Gasteiger charge is -2.15. The highest BCUT2D eigenvalue weighted by atomic mass is 32.2. The number of esters is 1. The molecule has 2 aromatic heterocycles. The second-order valence-electron chi connectivity index (χ2n) is 5.25. The molecule has 29 heavy (non-hydrogen) atoms. The first-order valence-corrected chi connectivity index (χ1v) is 10.2. The Balaban J connectivity index is 2.21. The van der Waals surface area contributed by atoms with Crippen molar-refractivity contribution in [3.05, 3.63) is 23.1 Å². The summed E-state index contributed by atoms with van der Waals surface area (Å²) < 4.78 is 54.4. The molecule has 2 rings (SSSR count). The molecule has 14 heteroatoms. The topological polar surface area (TPSA) is 146 Å². The third-order valence-electron chi connectivity index (χ3n) is 3.25. The van der Waals surface area contributed by atoms with Gasteiger partial charge in [0, 0.05) is 12.5 Å². The number of amides is 2. The number of sulfonamides is 1. The zero-order valence-corrected chi connectivity index (χ0v) is 17.1. The first kappa shape index (κ1) is 22.3. The summed E-state index contributed by atoms with van der Waals surface area (Å²) in [6, 6.07) is 1.47. The molecular weight excluding hydrogens is 431 g/mol. The Morgan fingerprint density at radius 1 is 1.24 bits per heavy atom. The third kappa shape index (κ3) is 5.74. The van der Waals surface area contributed by atoms with Gasteiger partial charge in [-0.1, -0.05) is 0 Å². The van der Waals surface area contributed by atoms with Crippen molar-refractivity contribution in [2.75, 3.05) is 26.2 Å². The first-order valence-electron chi connectivity index (χ1n) is 7.81. The van der Waals surface area contributed by atoms with Crippen LogP contribution in [-0.4, -0.2) is 51.3 Å². The number of aromatic nitrogens is 2. The number of carbonyl (C=O) groups excluding carboxylic acids is 2. The van der Waals surface area contributed by atoms with E-state index in [1.807, 2.05) is 0 Å². The van der Waals surface area contributed by atoms with Crippen LogP contribution in [0, 0.1) is 0 Å². The highest BCUT2D eigenvalue weighted by Crippen LogP contribution is 2.30. The Morgan fingerprint density at radius 2 is 1.86 bits per heavy atom. The van der Waals surface area contributed by atoms with Crippen LogP contribution in [0.25, 0.3) is 0 Å². The normalized spacial score (nSPS) is 12.0. The Kier molecular flexibility index (Phi) is 7.28. The van der Waals surface area contributed by atoms with Crippen LogP contribution in [0.5, 0.6) is 11.8 Å². The first-order chi connectivity index (χ1) is 13.7. The number of methoxy groups -OCH3 is 2. The third-order valence-corrected chi connectivity index (χ3v) is 6.09. The van der Waals surface area contributed by atoms with E-state index in [1.54, 1.807) is 4.72 Å². The largest absolute Gasteiger partial charge is 0.481 e. The van der Waals surface area contributed by atoms with Gasteiger partial charge in [0.15, 0.2) is 6.10 Å². The van der Waals surface area contributed by atoms with Gasteiger partial charge in [0.2, 0.25) is 17.7 Å². The monoisotopic (exact) mass is 448 g/mol. The summed E-state index contributed by atoms with van der Waals surface area (Å²) in [6.07, 6.45) is -1.42. The van der Waals surface area contributed by atoms with Crippen LogP contribution in [0.4, 0.5) is 15.1 Å². The number of hydrogen-bond acceptors (Lipinski definition) is 10. The van der Waals surface area contributed by atoms with E-state index < -0.39 is 34.8 Å². The molecule has 2 aromatic rings. The fourth-order valence-electron chi connectivity index (χ4n) is 2.11. The highest BCUT2D eigenvalue weighted by Gasteiger charge is 2.29. The minimum atomic E-state index is -4.41. The van der Waals surface area contributed by atoms with Crippen LogP contribution in [0.1, 0.15) is 18.6 Å². The fraction of sp³-hybridized carbons (Fsp3) is 0.333. The quantitative estimate of drug-likeness (QED) is 0.575. The number of alkyl halides is 1. The predicted octanol–water partition coefficient (Wildman–Crippen LogP) is 1.64. The molecule has 0 aromatic carbocycles. The lowest BCUT2D eigenvalue weighted by molar-refractivity contribution is -0.147. The minimum Gasteiger partial charge on any atom is -0.481 e. The number of anilines is 1. The number of ether oxygens (including phenoxy) is 3. The van der Waals surface area contributed by atoms with Crippen LogP contribution in [0.15, 0.2) is 21.7 Å². The molecule has 0 aliphatic heterocycles. The molecule has 2 amide bonds. The van der Waals surface area contributed by atoms with Crippen LogP contribution in [0.2, 0.25) is 0 Å². The van der Waals surface area contributed by atoms with Crippen molar-refractivity contribution in [3.63, 3.8) is 0 Å².